The van der Waals surface area contributed by atoms with Crippen LogP contribution < -0.4 is 11.5 Å². The molecule has 1 fully saturated rings. The van der Waals surface area contributed by atoms with Crippen molar-refractivity contribution in [2.45, 2.75) is 51.5 Å². The van der Waals surface area contributed by atoms with Crippen LogP contribution in [0.2, 0.25) is 0 Å². The first-order valence-corrected chi connectivity index (χ1v) is 7.24. The second-order valence-corrected chi connectivity index (χ2v) is 5.19. The van der Waals surface area contributed by atoms with Crippen LogP contribution in [-0.4, -0.2) is 11.9 Å². The first kappa shape index (κ1) is 15.7. The lowest BCUT2D eigenvalue weighted by Gasteiger charge is -2.08. The monoisotopic (exact) mass is 262 g/mol. The number of benzene rings is 1. The molecule has 106 valence electrons. The van der Waals surface area contributed by atoms with E-state index in [1.807, 2.05) is 0 Å². The number of nitrogens with two attached hydrogens (primary N) is 2. The molecule has 0 spiro atoms. The molecule has 4 N–H and O–H groups in total. The van der Waals surface area contributed by atoms with Gasteiger partial charge in [-0.1, -0.05) is 50.1 Å². The molecule has 2 atom stereocenters. The van der Waals surface area contributed by atoms with Gasteiger partial charge in [0.05, 0.1) is 5.92 Å². The Kier molecular flexibility index (Phi) is 7.19. The molecule has 1 aliphatic carbocycles. The third-order valence-corrected chi connectivity index (χ3v) is 3.60. The molecule has 2 unspecified atom stereocenters. The van der Waals surface area contributed by atoms with Crippen LogP contribution in [0.3, 0.4) is 0 Å². The molecule has 1 aromatic carbocycles. The molecule has 1 saturated carbocycles. The van der Waals surface area contributed by atoms with E-state index in [2.05, 4.69) is 37.3 Å². The molecular weight excluding hydrogens is 236 g/mol. The molecule has 0 aliphatic heterocycles. The molecule has 3 nitrogen and oxygen atoms in total. The number of carbonyl (C=O) groups is 1. The van der Waals surface area contributed by atoms with Gasteiger partial charge in [0.15, 0.2) is 0 Å². The van der Waals surface area contributed by atoms with Gasteiger partial charge >= 0.3 is 0 Å². The quantitative estimate of drug-likeness (QED) is 0.875. The second kappa shape index (κ2) is 8.70. The van der Waals surface area contributed by atoms with Gasteiger partial charge in [0.25, 0.3) is 0 Å². The van der Waals surface area contributed by atoms with Crippen LogP contribution >= 0.6 is 0 Å². The fourth-order valence-electron chi connectivity index (χ4n) is 2.37. The van der Waals surface area contributed by atoms with Gasteiger partial charge in [-0.15, -0.1) is 0 Å². The second-order valence-electron chi connectivity index (χ2n) is 5.19. The van der Waals surface area contributed by atoms with Crippen LogP contribution in [0, 0.1) is 5.92 Å². The summed E-state index contributed by atoms with van der Waals surface area (Å²) in [4.78, 5) is 10.6. The number of amides is 1. The van der Waals surface area contributed by atoms with Crippen LogP contribution in [0.15, 0.2) is 30.3 Å². The number of hydrogen-bond acceptors (Lipinski definition) is 2. The highest BCUT2D eigenvalue weighted by molar-refractivity contribution is 5.77. The van der Waals surface area contributed by atoms with E-state index in [4.69, 9.17) is 11.5 Å². The Balaban J connectivity index is 0.000000191. The number of aryl methyl sites for hydroxylation is 1. The van der Waals surface area contributed by atoms with Gasteiger partial charge in [-0.3, -0.25) is 4.79 Å². The van der Waals surface area contributed by atoms with Crippen molar-refractivity contribution in [1.29, 1.82) is 0 Å². The molecule has 2 rings (SSSR count). The van der Waals surface area contributed by atoms with E-state index in [0.29, 0.717) is 0 Å². The smallest absolute Gasteiger partial charge is 0.222 e. The minimum atomic E-state index is -0.236. The zero-order valence-corrected chi connectivity index (χ0v) is 11.8. The summed E-state index contributed by atoms with van der Waals surface area (Å²) < 4.78 is 0. The van der Waals surface area contributed by atoms with E-state index in [1.54, 1.807) is 0 Å². The Labute approximate surface area is 116 Å². The van der Waals surface area contributed by atoms with Gasteiger partial charge in [0.2, 0.25) is 5.91 Å². The number of unbranched alkanes of at least 4 members (excludes halogenated alkanes) is 1. The standard InChI is InChI=1S/C10H14.C6H12N2O/c1-2-3-7-10-8-5-4-6-9-10;7-5-3-1-2-4(5)6(8)9/h4-6,8-9H,2-3,7H2,1H3;4-5H,1-3,7H2,(H2,8,9). The molecule has 0 saturated heterocycles. The predicted octanol–water partition coefficient (Wildman–Crippen LogP) is 2.63. The largest absolute Gasteiger partial charge is 0.369 e. The Morgan fingerprint density at radius 2 is 1.95 bits per heavy atom. The summed E-state index contributed by atoms with van der Waals surface area (Å²) in [7, 11) is 0. The lowest BCUT2D eigenvalue weighted by Crippen LogP contribution is -2.34. The Bertz CT molecular complexity index is 364. The van der Waals surface area contributed by atoms with E-state index in [1.165, 1.54) is 24.8 Å². The van der Waals surface area contributed by atoms with Crippen molar-refractivity contribution in [1.82, 2.24) is 0 Å². The van der Waals surface area contributed by atoms with Crippen LogP contribution in [-0.2, 0) is 11.2 Å². The normalized spacial score (nSPS) is 21.6. The first-order chi connectivity index (χ1) is 9.15. The highest BCUT2D eigenvalue weighted by Gasteiger charge is 2.27. The average molecular weight is 262 g/mol. The third kappa shape index (κ3) is 5.88. The van der Waals surface area contributed by atoms with Crippen molar-refractivity contribution >= 4 is 5.91 Å². The Morgan fingerprint density at radius 3 is 2.37 bits per heavy atom. The van der Waals surface area contributed by atoms with Gasteiger partial charge < -0.3 is 11.5 Å². The molecule has 19 heavy (non-hydrogen) atoms. The Hall–Kier alpha value is -1.35. The van der Waals surface area contributed by atoms with Crippen molar-refractivity contribution in [3.05, 3.63) is 35.9 Å². The van der Waals surface area contributed by atoms with Crippen molar-refractivity contribution in [3.63, 3.8) is 0 Å². The molecule has 0 radical (unpaired) electrons. The third-order valence-electron chi connectivity index (χ3n) is 3.60. The van der Waals surface area contributed by atoms with Crippen LogP contribution in [0.5, 0.6) is 0 Å². The summed E-state index contributed by atoms with van der Waals surface area (Å²) in [5, 5.41) is 0. The van der Waals surface area contributed by atoms with Crippen molar-refractivity contribution < 1.29 is 4.79 Å². The van der Waals surface area contributed by atoms with Gasteiger partial charge in [0, 0.05) is 6.04 Å². The summed E-state index contributed by atoms with van der Waals surface area (Å²) >= 11 is 0. The molecular formula is C16H26N2O. The maximum atomic E-state index is 10.6. The summed E-state index contributed by atoms with van der Waals surface area (Å²) in [5.41, 5.74) is 12.1. The number of hydrogen-bond donors (Lipinski definition) is 2. The molecule has 0 bridgehead atoms. The van der Waals surface area contributed by atoms with E-state index in [0.717, 1.165) is 19.3 Å². The SMILES string of the molecule is CCCCc1ccccc1.NC(=O)C1CCCC1N. The molecule has 1 aliphatic rings. The fraction of sp³-hybridized carbons (Fsp3) is 0.562. The van der Waals surface area contributed by atoms with Gasteiger partial charge in [-0.2, -0.15) is 0 Å². The summed E-state index contributed by atoms with van der Waals surface area (Å²) in [6.45, 7) is 2.23. The van der Waals surface area contributed by atoms with Crippen LogP contribution in [0.25, 0.3) is 0 Å². The molecule has 3 heteroatoms. The fourth-order valence-corrected chi connectivity index (χ4v) is 2.37. The average Bonchev–Trinajstić information content (AvgIpc) is 2.85. The van der Waals surface area contributed by atoms with E-state index in [9.17, 15) is 4.79 Å². The predicted molar refractivity (Wildman–Crippen MR) is 79.6 cm³/mol. The zero-order chi connectivity index (χ0) is 14.1. The molecule has 1 amide bonds. The van der Waals surface area contributed by atoms with E-state index >= 15 is 0 Å². The topological polar surface area (TPSA) is 69.1 Å². The lowest BCUT2D eigenvalue weighted by molar-refractivity contribution is -0.121. The first-order valence-electron chi connectivity index (χ1n) is 7.24. The molecule has 0 heterocycles. The van der Waals surface area contributed by atoms with Gasteiger partial charge in [-0.25, -0.2) is 0 Å². The molecule has 0 aromatic heterocycles. The minimum absolute atomic E-state index is 0.0301. The summed E-state index contributed by atoms with van der Waals surface area (Å²) in [5.74, 6) is -0.287. The van der Waals surface area contributed by atoms with Crippen molar-refractivity contribution in [2.24, 2.45) is 17.4 Å². The number of rotatable bonds is 4. The van der Waals surface area contributed by atoms with Crippen LogP contribution in [0.1, 0.15) is 44.6 Å². The van der Waals surface area contributed by atoms with E-state index in [-0.39, 0.29) is 17.9 Å². The van der Waals surface area contributed by atoms with Gasteiger partial charge in [-0.05, 0) is 31.2 Å². The zero-order valence-electron chi connectivity index (χ0n) is 11.8. The highest BCUT2D eigenvalue weighted by atomic mass is 16.1. The lowest BCUT2D eigenvalue weighted by atomic mass is 10.0. The van der Waals surface area contributed by atoms with Gasteiger partial charge in [0.1, 0.15) is 0 Å². The maximum absolute atomic E-state index is 10.6. The molecule has 1 aromatic rings. The highest BCUT2D eigenvalue weighted by Crippen LogP contribution is 2.22. The number of primary amides is 1. The summed E-state index contributed by atoms with van der Waals surface area (Å²) in [6.07, 6.45) is 6.72. The van der Waals surface area contributed by atoms with Crippen LogP contribution in [0.4, 0.5) is 0 Å². The van der Waals surface area contributed by atoms with Crippen molar-refractivity contribution in [2.75, 3.05) is 0 Å². The Morgan fingerprint density at radius 1 is 1.26 bits per heavy atom. The maximum Gasteiger partial charge on any atom is 0.222 e. The summed E-state index contributed by atoms with van der Waals surface area (Å²) in [6, 6.07) is 10.7. The van der Waals surface area contributed by atoms with E-state index < -0.39 is 0 Å². The minimum Gasteiger partial charge on any atom is -0.369 e. The number of carbonyl (C=O) groups excluding carboxylic acids is 1. The van der Waals surface area contributed by atoms with Crippen molar-refractivity contribution in [3.8, 4) is 0 Å².